The van der Waals surface area contributed by atoms with Crippen molar-refractivity contribution in [2.24, 2.45) is 5.92 Å². The molecule has 0 atom stereocenters. The number of carbonyl (C=O) groups excluding carboxylic acids is 1. The Balaban J connectivity index is 1.72. The van der Waals surface area contributed by atoms with E-state index < -0.39 is 0 Å². The van der Waals surface area contributed by atoms with Crippen LogP contribution in [0.4, 0.5) is 0 Å². The monoisotopic (exact) mass is 281 g/mol. The summed E-state index contributed by atoms with van der Waals surface area (Å²) in [5, 5.41) is 3.26. The predicted molar refractivity (Wildman–Crippen MR) is 76.4 cm³/mol. The fourth-order valence-corrected chi connectivity index (χ4v) is 2.53. The van der Waals surface area contributed by atoms with Crippen LogP contribution in [0.2, 0.25) is 5.15 Å². The summed E-state index contributed by atoms with van der Waals surface area (Å²) in [4.78, 5) is 18.2. The summed E-state index contributed by atoms with van der Waals surface area (Å²) in [6.07, 6.45) is 3.49. The molecule has 4 nitrogen and oxygen atoms in total. The zero-order valence-corrected chi connectivity index (χ0v) is 12.0. The molecule has 1 fully saturated rings. The van der Waals surface area contributed by atoms with Crippen LogP contribution in [0.25, 0.3) is 0 Å². The molecule has 1 N–H and O–H groups in total. The summed E-state index contributed by atoms with van der Waals surface area (Å²) in [7, 11) is 2.16. The number of rotatable bonds is 4. The Hall–Kier alpha value is -1.13. The van der Waals surface area contributed by atoms with Gasteiger partial charge in [-0.2, -0.15) is 0 Å². The van der Waals surface area contributed by atoms with Crippen LogP contribution in [0.1, 0.15) is 29.8 Å². The van der Waals surface area contributed by atoms with Crippen molar-refractivity contribution in [3.63, 3.8) is 0 Å². The molecule has 2 heterocycles. The van der Waals surface area contributed by atoms with Gasteiger partial charge < -0.3 is 10.2 Å². The van der Waals surface area contributed by atoms with E-state index in [1.807, 2.05) is 0 Å². The normalized spacial score (nSPS) is 17.4. The second-order valence-corrected chi connectivity index (χ2v) is 5.52. The summed E-state index contributed by atoms with van der Waals surface area (Å²) in [6, 6.07) is 5.08. The maximum atomic E-state index is 11.9. The molecule has 0 aromatic carbocycles. The highest BCUT2D eigenvalue weighted by atomic mass is 35.5. The lowest BCUT2D eigenvalue weighted by molar-refractivity contribution is 0.0944. The van der Waals surface area contributed by atoms with Crippen LogP contribution in [0.15, 0.2) is 18.2 Å². The SMILES string of the molecule is CN1CCC(CCNC(=O)c2cccc(Cl)n2)CC1. The molecule has 0 bridgehead atoms. The lowest BCUT2D eigenvalue weighted by Crippen LogP contribution is -2.32. The van der Waals surface area contributed by atoms with Gasteiger partial charge in [-0.15, -0.1) is 0 Å². The molecule has 104 valence electrons. The smallest absolute Gasteiger partial charge is 0.269 e. The van der Waals surface area contributed by atoms with E-state index in [0.29, 0.717) is 17.4 Å². The van der Waals surface area contributed by atoms with Crippen LogP contribution in [0, 0.1) is 5.92 Å². The maximum Gasteiger partial charge on any atom is 0.269 e. The van der Waals surface area contributed by atoms with Gasteiger partial charge in [-0.1, -0.05) is 17.7 Å². The molecular formula is C14H20ClN3O. The molecule has 0 saturated carbocycles. The first kappa shape index (κ1) is 14.3. The zero-order valence-electron chi connectivity index (χ0n) is 11.2. The van der Waals surface area contributed by atoms with Gasteiger partial charge in [0.2, 0.25) is 0 Å². The number of carbonyl (C=O) groups is 1. The molecule has 0 radical (unpaired) electrons. The van der Waals surface area contributed by atoms with E-state index in [1.165, 1.54) is 12.8 Å². The van der Waals surface area contributed by atoms with E-state index >= 15 is 0 Å². The Morgan fingerprint density at radius 1 is 1.47 bits per heavy atom. The first-order chi connectivity index (χ1) is 9.15. The number of amides is 1. The molecule has 1 aliphatic rings. The molecule has 0 spiro atoms. The maximum absolute atomic E-state index is 11.9. The van der Waals surface area contributed by atoms with Gasteiger partial charge >= 0.3 is 0 Å². The second-order valence-electron chi connectivity index (χ2n) is 5.14. The highest BCUT2D eigenvalue weighted by Gasteiger charge is 2.16. The number of hydrogen-bond donors (Lipinski definition) is 1. The third-order valence-corrected chi connectivity index (χ3v) is 3.83. The molecule has 1 aromatic rings. The summed E-state index contributed by atoms with van der Waals surface area (Å²) in [5.74, 6) is 0.583. The van der Waals surface area contributed by atoms with Gasteiger partial charge in [0, 0.05) is 6.54 Å². The highest BCUT2D eigenvalue weighted by Crippen LogP contribution is 2.18. The number of nitrogens with one attached hydrogen (secondary N) is 1. The Labute approximate surface area is 119 Å². The average Bonchev–Trinajstić information content (AvgIpc) is 2.41. The highest BCUT2D eigenvalue weighted by molar-refractivity contribution is 6.29. The Kier molecular flexibility index (Phi) is 5.16. The minimum Gasteiger partial charge on any atom is -0.351 e. The van der Waals surface area contributed by atoms with E-state index in [2.05, 4.69) is 22.2 Å². The minimum absolute atomic E-state index is 0.143. The third-order valence-electron chi connectivity index (χ3n) is 3.62. The number of likely N-dealkylation sites (tertiary alicyclic amines) is 1. The van der Waals surface area contributed by atoms with Crippen LogP contribution in [0.5, 0.6) is 0 Å². The second kappa shape index (κ2) is 6.87. The summed E-state index contributed by atoms with van der Waals surface area (Å²) >= 11 is 5.76. The standard InChI is InChI=1S/C14H20ClN3O/c1-18-9-6-11(7-10-18)5-8-16-14(19)12-3-2-4-13(15)17-12/h2-4,11H,5-10H2,1H3,(H,16,19). The van der Waals surface area contributed by atoms with Crippen LogP contribution < -0.4 is 5.32 Å². The molecule has 19 heavy (non-hydrogen) atoms. The van der Waals surface area contributed by atoms with Crippen molar-refractivity contribution in [3.8, 4) is 0 Å². The van der Waals surface area contributed by atoms with Crippen molar-refractivity contribution >= 4 is 17.5 Å². The Bertz CT molecular complexity index is 430. The first-order valence-corrected chi connectivity index (χ1v) is 7.12. The van der Waals surface area contributed by atoms with E-state index in [1.54, 1.807) is 18.2 Å². The number of halogens is 1. The fourth-order valence-electron chi connectivity index (χ4n) is 2.37. The van der Waals surface area contributed by atoms with Crippen molar-refractivity contribution in [2.45, 2.75) is 19.3 Å². The molecule has 1 amide bonds. The quantitative estimate of drug-likeness (QED) is 0.861. The molecule has 5 heteroatoms. The van der Waals surface area contributed by atoms with Crippen LogP contribution in [-0.2, 0) is 0 Å². The van der Waals surface area contributed by atoms with E-state index in [0.717, 1.165) is 25.4 Å². The van der Waals surface area contributed by atoms with Crippen molar-refractivity contribution in [1.29, 1.82) is 0 Å². The fraction of sp³-hybridized carbons (Fsp3) is 0.571. The molecule has 1 saturated heterocycles. The van der Waals surface area contributed by atoms with Gasteiger partial charge in [0.25, 0.3) is 5.91 Å². The van der Waals surface area contributed by atoms with Crippen molar-refractivity contribution in [2.75, 3.05) is 26.7 Å². The van der Waals surface area contributed by atoms with Crippen molar-refractivity contribution in [3.05, 3.63) is 29.0 Å². The number of nitrogens with zero attached hydrogens (tertiary/aromatic N) is 2. The van der Waals surface area contributed by atoms with Crippen molar-refractivity contribution in [1.82, 2.24) is 15.2 Å². The lowest BCUT2D eigenvalue weighted by Gasteiger charge is -2.28. The summed E-state index contributed by atoms with van der Waals surface area (Å²) < 4.78 is 0. The summed E-state index contributed by atoms with van der Waals surface area (Å²) in [6.45, 7) is 3.03. The van der Waals surface area contributed by atoms with Gasteiger partial charge in [-0.05, 0) is 57.5 Å². The van der Waals surface area contributed by atoms with Gasteiger partial charge in [-0.25, -0.2) is 4.98 Å². The molecular weight excluding hydrogens is 262 g/mol. The number of aromatic nitrogens is 1. The number of pyridine rings is 1. The Morgan fingerprint density at radius 3 is 2.89 bits per heavy atom. The van der Waals surface area contributed by atoms with Gasteiger partial charge in [0.1, 0.15) is 10.8 Å². The number of hydrogen-bond acceptors (Lipinski definition) is 3. The van der Waals surface area contributed by atoms with E-state index in [4.69, 9.17) is 11.6 Å². The minimum atomic E-state index is -0.143. The van der Waals surface area contributed by atoms with Gasteiger partial charge in [0.05, 0.1) is 0 Å². The first-order valence-electron chi connectivity index (χ1n) is 6.74. The third kappa shape index (κ3) is 4.48. The Morgan fingerprint density at radius 2 is 2.21 bits per heavy atom. The summed E-state index contributed by atoms with van der Waals surface area (Å²) in [5.41, 5.74) is 0.385. The number of piperidine rings is 1. The molecule has 1 aromatic heterocycles. The van der Waals surface area contributed by atoms with E-state index in [-0.39, 0.29) is 5.91 Å². The van der Waals surface area contributed by atoms with Crippen molar-refractivity contribution < 1.29 is 4.79 Å². The molecule has 1 aliphatic heterocycles. The lowest BCUT2D eigenvalue weighted by atomic mass is 9.94. The largest absolute Gasteiger partial charge is 0.351 e. The molecule has 0 aliphatic carbocycles. The zero-order chi connectivity index (χ0) is 13.7. The topological polar surface area (TPSA) is 45.2 Å². The van der Waals surface area contributed by atoms with E-state index in [9.17, 15) is 4.79 Å². The van der Waals surface area contributed by atoms with Crippen LogP contribution >= 0.6 is 11.6 Å². The van der Waals surface area contributed by atoms with Gasteiger partial charge in [-0.3, -0.25) is 4.79 Å². The molecule has 2 rings (SSSR count). The van der Waals surface area contributed by atoms with Crippen LogP contribution in [0.3, 0.4) is 0 Å². The van der Waals surface area contributed by atoms with Gasteiger partial charge in [0.15, 0.2) is 0 Å². The molecule has 0 unspecified atom stereocenters. The predicted octanol–water partition coefficient (Wildman–Crippen LogP) is 2.20. The van der Waals surface area contributed by atoms with Crippen LogP contribution in [-0.4, -0.2) is 42.5 Å². The average molecular weight is 282 g/mol.